The van der Waals surface area contributed by atoms with Crippen molar-refractivity contribution in [2.75, 3.05) is 0 Å². The molecule has 0 amide bonds. The average molecular weight is 214 g/mol. The average Bonchev–Trinajstić information content (AvgIpc) is 0.722. The number of halogens is 1. The van der Waals surface area contributed by atoms with E-state index in [1.54, 1.807) is 0 Å². The van der Waals surface area contributed by atoms with Crippen LogP contribution in [-0.4, -0.2) is 25.9 Å². The van der Waals surface area contributed by atoms with Crippen molar-refractivity contribution in [1.29, 1.82) is 0 Å². The van der Waals surface area contributed by atoms with Crippen molar-refractivity contribution in [3.8, 4) is 0 Å². The fourth-order valence-corrected chi connectivity index (χ4v) is 0. The van der Waals surface area contributed by atoms with Crippen molar-refractivity contribution in [2.24, 2.45) is 0 Å². The molecule has 4 nitrogen and oxygen atoms in total. The van der Waals surface area contributed by atoms with Gasteiger partial charge in [-0.1, -0.05) is 0 Å². The van der Waals surface area contributed by atoms with Gasteiger partial charge in [-0.2, -0.15) is 0 Å². The topological polar surface area (TPSA) is 74.6 Å². The minimum absolute atomic E-state index is 0. The summed E-state index contributed by atoms with van der Waals surface area (Å²) in [7, 11) is 0. The van der Waals surface area contributed by atoms with E-state index in [-0.39, 0.29) is 4.70 Å². The number of rotatable bonds is 0. The van der Waals surface area contributed by atoms with Gasteiger partial charge in [-0.15, -0.1) is 0 Å². The molecule has 0 aromatic rings. The van der Waals surface area contributed by atoms with Gasteiger partial charge in [0, 0.05) is 0 Å². The van der Waals surface area contributed by atoms with Crippen molar-refractivity contribution >= 4 is 19.0 Å². The van der Waals surface area contributed by atoms with E-state index in [0.717, 1.165) is 0 Å². The molecule has 0 radical (unpaired) electrons. The van der Waals surface area contributed by atoms with Gasteiger partial charge in [0.25, 0.3) is 0 Å². The van der Waals surface area contributed by atoms with Crippen molar-refractivity contribution in [1.82, 2.24) is 0 Å². The van der Waals surface area contributed by atoms with Gasteiger partial charge in [-0.25, -0.2) is 0 Å². The van der Waals surface area contributed by atoms with Gasteiger partial charge in [0.15, 0.2) is 0 Å². The van der Waals surface area contributed by atoms with Gasteiger partial charge in [0.05, 0.1) is 0 Å². The summed E-state index contributed by atoms with van der Waals surface area (Å²) in [4.78, 5) is 0. The summed E-state index contributed by atoms with van der Waals surface area (Å²) in [6, 6.07) is 0. The fraction of sp³-hybridized carbons (Fsp3) is 0. The first-order valence-corrected chi connectivity index (χ1v) is 4.69. The Morgan fingerprint density at radius 1 is 1.17 bits per heavy atom. The predicted octanol–water partition coefficient (Wildman–Crippen LogP) is -1.58. The molecule has 6 heavy (non-hydrogen) atoms. The molecule has 0 saturated heterocycles. The molecular formula is H3FO4Te. The molecule has 0 aliphatic heterocycles. The molecule has 0 aromatic carbocycles. The summed E-state index contributed by atoms with van der Waals surface area (Å²) in [5, 5.41) is 0. The Morgan fingerprint density at radius 3 is 1.17 bits per heavy atom. The second-order valence-corrected chi connectivity index (χ2v) is 3.00. The quantitative estimate of drug-likeness (QED) is 0.477. The Balaban J connectivity index is 0. The Morgan fingerprint density at radius 2 is 1.17 bits per heavy atom. The van der Waals surface area contributed by atoms with Crippen LogP contribution in [0.3, 0.4) is 0 Å². The van der Waals surface area contributed by atoms with Gasteiger partial charge in [0.2, 0.25) is 0 Å². The van der Waals surface area contributed by atoms with Gasteiger partial charge < -0.3 is 0 Å². The Labute approximate surface area is 37.4 Å². The van der Waals surface area contributed by atoms with Crippen molar-refractivity contribution < 1.29 is 17.9 Å². The molecule has 40 valence electrons. The van der Waals surface area contributed by atoms with Crippen LogP contribution in [0.1, 0.15) is 0 Å². The van der Waals surface area contributed by atoms with Gasteiger partial charge in [-0.05, 0) is 0 Å². The first-order valence-electron chi connectivity index (χ1n) is 0.698. The minimum atomic E-state index is -5.52. The zero-order chi connectivity index (χ0) is 4.50. The van der Waals surface area contributed by atoms with Crippen LogP contribution in [-0.2, 0) is 6.21 Å². The monoisotopic (exact) mass is 216 g/mol. The van der Waals surface area contributed by atoms with E-state index < -0.39 is 19.0 Å². The molecule has 0 fully saturated rings. The van der Waals surface area contributed by atoms with Crippen LogP contribution in [0.4, 0.5) is 4.70 Å². The van der Waals surface area contributed by atoms with Crippen LogP contribution in [0.5, 0.6) is 0 Å². The summed E-state index contributed by atoms with van der Waals surface area (Å²) in [5.74, 6) is 0. The maximum absolute atomic E-state index is 8.85. The zero-order valence-electron chi connectivity index (χ0n) is 2.53. The Kier molecular flexibility index (Phi) is 3.84. The molecule has 0 unspecified atom stereocenters. The van der Waals surface area contributed by atoms with Crippen LogP contribution < -0.4 is 0 Å². The molecule has 0 saturated carbocycles. The predicted molar refractivity (Wildman–Crippen MR) is 14.1 cm³/mol. The Hall–Kier alpha value is 0.240. The number of hydrogen-bond acceptors (Lipinski definition) is 2. The van der Waals surface area contributed by atoms with Crippen molar-refractivity contribution in [3.05, 3.63) is 0 Å². The molecule has 6 heteroatoms. The van der Waals surface area contributed by atoms with E-state index in [0.29, 0.717) is 0 Å². The third-order valence-electron chi connectivity index (χ3n) is 0. The summed E-state index contributed by atoms with van der Waals surface area (Å²) < 4.78 is 32.0. The van der Waals surface area contributed by atoms with Crippen LogP contribution in [0.25, 0.3) is 0 Å². The van der Waals surface area contributed by atoms with Crippen molar-refractivity contribution in [2.45, 2.75) is 0 Å². The third-order valence-corrected chi connectivity index (χ3v) is 0. The normalized spacial score (nSPS) is 9.67. The summed E-state index contributed by atoms with van der Waals surface area (Å²) in [6.07, 6.45) is 0. The summed E-state index contributed by atoms with van der Waals surface area (Å²) >= 11 is -5.52. The Bertz CT molecular complexity index is 90.7. The van der Waals surface area contributed by atoms with Crippen LogP contribution in [0.15, 0.2) is 0 Å². The molecule has 0 aliphatic carbocycles. The second kappa shape index (κ2) is 2.42. The van der Waals surface area contributed by atoms with Crippen molar-refractivity contribution in [3.63, 3.8) is 0 Å². The molecule has 2 N–H and O–H groups in total. The third kappa shape index (κ3) is 775. The first kappa shape index (κ1) is 9.53. The molecular weight excluding hydrogens is 211 g/mol. The van der Waals surface area contributed by atoms with E-state index in [2.05, 4.69) is 0 Å². The van der Waals surface area contributed by atoms with Gasteiger partial charge in [0.1, 0.15) is 0 Å². The molecule has 0 heterocycles. The zero-order valence-corrected chi connectivity index (χ0v) is 4.86. The van der Waals surface area contributed by atoms with E-state index >= 15 is 0 Å². The second-order valence-electron chi connectivity index (χ2n) is 0.448. The van der Waals surface area contributed by atoms with E-state index in [1.165, 1.54) is 0 Å². The molecule has 0 atom stereocenters. The fourth-order valence-electron chi connectivity index (χ4n) is 0. The van der Waals surface area contributed by atoms with Gasteiger partial charge >= 0.3 is 32.1 Å². The van der Waals surface area contributed by atoms with E-state index in [9.17, 15) is 0 Å². The molecule has 0 rings (SSSR count). The molecule has 0 aromatic heterocycles. The van der Waals surface area contributed by atoms with E-state index in [4.69, 9.17) is 13.2 Å². The molecule has 0 spiro atoms. The first-order chi connectivity index (χ1) is 2.00. The SMILES string of the molecule is F.O=[Te](=O)(O)O. The van der Waals surface area contributed by atoms with Crippen LogP contribution in [0, 0.1) is 0 Å². The summed E-state index contributed by atoms with van der Waals surface area (Å²) in [5.41, 5.74) is 0. The van der Waals surface area contributed by atoms with Crippen LogP contribution >= 0.6 is 0 Å². The molecule has 0 aliphatic rings. The van der Waals surface area contributed by atoms with Crippen LogP contribution in [0.2, 0.25) is 0 Å². The van der Waals surface area contributed by atoms with Gasteiger partial charge in [-0.3, -0.25) is 4.70 Å². The molecule has 0 bridgehead atoms. The van der Waals surface area contributed by atoms with E-state index in [1.807, 2.05) is 0 Å². The summed E-state index contributed by atoms with van der Waals surface area (Å²) in [6.45, 7) is 0. The maximum atomic E-state index is 8.85. The number of hydrogen-bond donors (Lipinski definition) is 2. The standard InChI is InChI=1S/FH.H2O4Te/c;1-5(2,3)4/h1H;(H2,1,2,3,4).